The molecular formula is C21H23NO5. The first-order chi connectivity index (χ1) is 13.2. The third-order valence-electron chi connectivity index (χ3n) is 3.80. The number of rotatable bonds is 7. The summed E-state index contributed by atoms with van der Waals surface area (Å²) in [5, 5.41) is 2.82. The third-order valence-corrected chi connectivity index (χ3v) is 3.80. The quantitative estimate of drug-likeness (QED) is 0.750. The second kappa shape index (κ2) is 8.98. The zero-order valence-electron chi connectivity index (χ0n) is 15.5. The fraction of sp³-hybridized carbons (Fsp3) is 0.286. The molecule has 0 bridgehead atoms. The van der Waals surface area contributed by atoms with E-state index >= 15 is 0 Å². The Morgan fingerprint density at radius 3 is 2.52 bits per heavy atom. The van der Waals surface area contributed by atoms with E-state index in [4.69, 9.17) is 18.9 Å². The molecule has 2 aromatic rings. The molecule has 0 aliphatic carbocycles. The maximum atomic E-state index is 12.2. The summed E-state index contributed by atoms with van der Waals surface area (Å²) in [4.78, 5) is 12.2. The van der Waals surface area contributed by atoms with Gasteiger partial charge in [0.25, 0.3) is 0 Å². The van der Waals surface area contributed by atoms with E-state index in [0.29, 0.717) is 55.1 Å². The van der Waals surface area contributed by atoms with Gasteiger partial charge in [0.15, 0.2) is 23.0 Å². The zero-order chi connectivity index (χ0) is 19.1. The fourth-order valence-electron chi connectivity index (χ4n) is 2.65. The predicted octanol–water partition coefficient (Wildman–Crippen LogP) is 3.91. The summed E-state index contributed by atoms with van der Waals surface area (Å²) in [7, 11) is 0. The summed E-state index contributed by atoms with van der Waals surface area (Å²) in [6.45, 7) is 5.98. The van der Waals surface area contributed by atoms with Crippen molar-refractivity contribution in [3.8, 4) is 23.0 Å². The van der Waals surface area contributed by atoms with Crippen LogP contribution in [0, 0.1) is 0 Å². The number of nitrogens with one attached hydrogen (secondary N) is 1. The van der Waals surface area contributed by atoms with Crippen LogP contribution in [-0.2, 0) is 4.79 Å². The van der Waals surface area contributed by atoms with Crippen LogP contribution in [0.25, 0.3) is 6.08 Å². The molecule has 0 unspecified atom stereocenters. The average Bonchev–Trinajstić information content (AvgIpc) is 2.68. The van der Waals surface area contributed by atoms with Crippen molar-refractivity contribution >= 4 is 17.7 Å². The molecule has 1 aliphatic rings. The molecule has 0 atom stereocenters. The highest BCUT2D eigenvalue weighted by Gasteiger charge is 2.12. The molecule has 1 amide bonds. The van der Waals surface area contributed by atoms with Crippen molar-refractivity contribution in [1.82, 2.24) is 0 Å². The van der Waals surface area contributed by atoms with Crippen molar-refractivity contribution in [3.05, 3.63) is 48.0 Å². The van der Waals surface area contributed by atoms with Crippen LogP contribution in [0.3, 0.4) is 0 Å². The molecular weight excluding hydrogens is 346 g/mol. The van der Waals surface area contributed by atoms with Crippen molar-refractivity contribution in [1.29, 1.82) is 0 Å². The molecule has 0 saturated heterocycles. The van der Waals surface area contributed by atoms with E-state index in [1.165, 1.54) is 6.08 Å². The standard InChI is InChI=1S/C21H23NO5/c1-3-24-17-8-5-15(13-19(17)25-4-2)6-10-21(23)22-16-7-9-18-20(14-16)27-12-11-26-18/h5-10,13-14H,3-4,11-12H2,1-2H3,(H,22,23)/b10-6+. The SMILES string of the molecule is CCOc1ccc(/C=C/C(=O)Nc2ccc3c(c2)OCCO3)cc1OCC. The summed E-state index contributed by atoms with van der Waals surface area (Å²) in [5.41, 5.74) is 1.50. The normalized spacial score (nSPS) is 12.7. The monoisotopic (exact) mass is 369 g/mol. The van der Waals surface area contributed by atoms with E-state index < -0.39 is 0 Å². The largest absolute Gasteiger partial charge is 0.490 e. The predicted molar refractivity (Wildman–Crippen MR) is 104 cm³/mol. The molecule has 3 rings (SSSR count). The van der Waals surface area contributed by atoms with Gasteiger partial charge in [0.05, 0.1) is 13.2 Å². The van der Waals surface area contributed by atoms with Crippen molar-refractivity contribution < 1.29 is 23.7 Å². The lowest BCUT2D eigenvalue weighted by Gasteiger charge is -2.18. The summed E-state index contributed by atoms with van der Waals surface area (Å²) >= 11 is 0. The highest BCUT2D eigenvalue weighted by atomic mass is 16.6. The smallest absolute Gasteiger partial charge is 0.248 e. The maximum Gasteiger partial charge on any atom is 0.248 e. The molecule has 1 heterocycles. The number of amides is 1. The first-order valence-electron chi connectivity index (χ1n) is 8.98. The number of carbonyl (C=O) groups excluding carboxylic acids is 1. The molecule has 0 aromatic heterocycles. The zero-order valence-corrected chi connectivity index (χ0v) is 15.5. The van der Waals surface area contributed by atoms with Gasteiger partial charge >= 0.3 is 0 Å². The number of benzene rings is 2. The van der Waals surface area contributed by atoms with Crippen LogP contribution in [0.4, 0.5) is 5.69 Å². The highest BCUT2D eigenvalue weighted by molar-refractivity contribution is 6.02. The van der Waals surface area contributed by atoms with E-state index in [2.05, 4.69) is 5.32 Å². The highest BCUT2D eigenvalue weighted by Crippen LogP contribution is 2.32. The van der Waals surface area contributed by atoms with Crippen LogP contribution in [0.15, 0.2) is 42.5 Å². The minimum Gasteiger partial charge on any atom is -0.490 e. The van der Waals surface area contributed by atoms with Crippen LogP contribution in [0.1, 0.15) is 19.4 Å². The Morgan fingerprint density at radius 1 is 1.00 bits per heavy atom. The van der Waals surface area contributed by atoms with Crippen molar-refractivity contribution in [3.63, 3.8) is 0 Å². The van der Waals surface area contributed by atoms with Crippen LogP contribution >= 0.6 is 0 Å². The minimum absolute atomic E-state index is 0.237. The van der Waals surface area contributed by atoms with E-state index in [1.54, 1.807) is 24.3 Å². The van der Waals surface area contributed by atoms with Gasteiger partial charge in [0.2, 0.25) is 5.91 Å². The van der Waals surface area contributed by atoms with E-state index in [-0.39, 0.29) is 5.91 Å². The Bertz CT molecular complexity index is 831. The van der Waals surface area contributed by atoms with Gasteiger partial charge in [-0.3, -0.25) is 4.79 Å². The van der Waals surface area contributed by atoms with Crippen LogP contribution in [0.2, 0.25) is 0 Å². The second-order valence-corrected chi connectivity index (χ2v) is 5.75. The number of anilines is 1. The van der Waals surface area contributed by atoms with Crippen LogP contribution in [-0.4, -0.2) is 32.3 Å². The van der Waals surface area contributed by atoms with Crippen molar-refractivity contribution in [2.75, 3.05) is 31.7 Å². The summed E-state index contributed by atoms with van der Waals surface area (Å²) < 4.78 is 22.1. The lowest BCUT2D eigenvalue weighted by molar-refractivity contribution is -0.111. The summed E-state index contributed by atoms with van der Waals surface area (Å²) in [6.07, 6.45) is 3.20. The van der Waals surface area contributed by atoms with Gasteiger partial charge in [0.1, 0.15) is 13.2 Å². The lowest BCUT2D eigenvalue weighted by atomic mass is 10.2. The van der Waals surface area contributed by atoms with Gasteiger partial charge in [-0.25, -0.2) is 0 Å². The molecule has 0 spiro atoms. The molecule has 6 heteroatoms. The number of hydrogen-bond donors (Lipinski definition) is 1. The second-order valence-electron chi connectivity index (χ2n) is 5.75. The van der Waals surface area contributed by atoms with Crippen LogP contribution < -0.4 is 24.3 Å². The first-order valence-corrected chi connectivity index (χ1v) is 8.98. The molecule has 1 N–H and O–H groups in total. The van der Waals surface area contributed by atoms with Gasteiger partial charge in [-0.1, -0.05) is 6.07 Å². The molecule has 0 saturated carbocycles. The molecule has 2 aromatic carbocycles. The Morgan fingerprint density at radius 2 is 1.74 bits per heavy atom. The van der Waals surface area contributed by atoms with Gasteiger partial charge in [0, 0.05) is 17.8 Å². The van der Waals surface area contributed by atoms with E-state index in [9.17, 15) is 4.79 Å². The molecule has 142 valence electrons. The minimum atomic E-state index is -0.237. The van der Waals surface area contributed by atoms with Gasteiger partial charge < -0.3 is 24.3 Å². The third kappa shape index (κ3) is 4.94. The molecule has 0 fully saturated rings. The van der Waals surface area contributed by atoms with Crippen molar-refractivity contribution in [2.24, 2.45) is 0 Å². The van der Waals surface area contributed by atoms with Crippen molar-refractivity contribution in [2.45, 2.75) is 13.8 Å². The van der Waals surface area contributed by atoms with E-state index in [1.807, 2.05) is 32.0 Å². The van der Waals surface area contributed by atoms with Crippen LogP contribution in [0.5, 0.6) is 23.0 Å². The maximum absolute atomic E-state index is 12.2. The summed E-state index contributed by atoms with van der Waals surface area (Å²) in [5.74, 6) is 2.44. The molecule has 1 aliphatic heterocycles. The fourth-order valence-corrected chi connectivity index (χ4v) is 2.65. The van der Waals surface area contributed by atoms with Gasteiger partial charge in [-0.05, 0) is 49.8 Å². The Kier molecular flexibility index (Phi) is 6.20. The van der Waals surface area contributed by atoms with E-state index in [0.717, 1.165) is 5.56 Å². The molecule has 27 heavy (non-hydrogen) atoms. The molecule has 6 nitrogen and oxygen atoms in total. The number of ether oxygens (including phenoxy) is 4. The molecule has 0 radical (unpaired) electrons. The number of carbonyl (C=O) groups is 1. The number of fused-ring (bicyclic) bond motifs is 1. The average molecular weight is 369 g/mol. The summed E-state index contributed by atoms with van der Waals surface area (Å²) in [6, 6.07) is 10.9. The Labute approximate surface area is 158 Å². The van der Waals surface area contributed by atoms with Gasteiger partial charge in [-0.15, -0.1) is 0 Å². The number of hydrogen-bond acceptors (Lipinski definition) is 5. The Hall–Kier alpha value is -3.15. The lowest BCUT2D eigenvalue weighted by Crippen LogP contribution is -2.16. The first kappa shape index (κ1) is 18.6. The van der Waals surface area contributed by atoms with Gasteiger partial charge in [-0.2, -0.15) is 0 Å². The topological polar surface area (TPSA) is 66.0 Å². The Balaban J connectivity index is 1.66.